The minimum absolute atomic E-state index is 0.640. The summed E-state index contributed by atoms with van der Waals surface area (Å²) < 4.78 is 10.6. The summed E-state index contributed by atoms with van der Waals surface area (Å²) in [5.41, 5.74) is 7.01. The van der Waals surface area contributed by atoms with Crippen LogP contribution in [-0.4, -0.2) is 38.8 Å². The van der Waals surface area contributed by atoms with E-state index in [1.165, 1.54) is 18.4 Å². The molecule has 1 aliphatic rings. The van der Waals surface area contributed by atoms with E-state index in [2.05, 4.69) is 17.0 Å². The molecule has 1 heterocycles. The van der Waals surface area contributed by atoms with Gasteiger partial charge in [-0.3, -0.25) is 4.90 Å². The van der Waals surface area contributed by atoms with E-state index in [4.69, 9.17) is 15.2 Å². The van der Waals surface area contributed by atoms with E-state index in [0.717, 1.165) is 37.7 Å². The zero-order valence-electron chi connectivity index (χ0n) is 11.9. The van der Waals surface area contributed by atoms with Gasteiger partial charge in [0.25, 0.3) is 0 Å². The fourth-order valence-electron chi connectivity index (χ4n) is 2.70. The molecule has 4 heteroatoms. The Kier molecular flexibility index (Phi) is 5.05. The molecule has 106 valence electrons. The van der Waals surface area contributed by atoms with Crippen molar-refractivity contribution < 1.29 is 9.47 Å². The highest BCUT2D eigenvalue weighted by molar-refractivity contribution is 5.38. The van der Waals surface area contributed by atoms with Crippen molar-refractivity contribution in [2.45, 2.75) is 19.4 Å². The first-order chi connectivity index (χ1) is 9.25. The normalized spacial score (nSPS) is 20.3. The average molecular weight is 264 g/mol. The number of likely N-dealkylation sites (tertiary alicyclic amines) is 1. The van der Waals surface area contributed by atoms with Gasteiger partial charge in [-0.15, -0.1) is 0 Å². The van der Waals surface area contributed by atoms with Gasteiger partial charge in [0.2, 0.25) is 0 Å². The van der Waals surface area contributed by atoms with E-state index in [9.17, 15) is 0 Å². The largest absolute Gasteiger partial charge is 0.497 e. The highest BCUT2D eigenvalue weighted by Crippen LogP contribution is 2.25. The van der Waals surface area contributed by atoms with Crippen molar-refractivity contribution in [3.63, 3.8) is 0 Å². The van der Waals surface area contributed by atoms with Gasteiger partial charge in [-0.2, -0.15) is 0 Å². The van der Waals surface area contributed by atoms with Crippen LogP contribution in [0.2, 0.25) is 0 Å². The molecule has 2 N–H and O–H groups in total. The summed E-state index contributed by atoms with van der Waals surface area (Å²) >= 11 is 0. The number of benzene rings is 1. The summed E-state index contributed by atoms with van der Waals surface area (Å²) in [4.78, 5) is 2.47. The summed E-state index contributed by atoms with van der Waals surface area (Å²) in [6.07, 6.45) is 2.50. The van der Waals surface area contributed by atoms with Crippen molar-refractivity contribution in [1.29, 1.82) is 0 Å². The standard InChI is InChI=1S/C15H24N2O2/c1-18-14-6-13(7-15(8-14)19-2)11-17-5-3-4-12(9-16)10-17/h6-8,12H,3-5,9-11,16H2,1-2H3. The second-order valence-electron chi connectivity index (χ2n) is 5.20. The minimum Gasteiger partial charge on any atom is -0.497 e. The van der Waals surface area contributed by atoms with E-state index in [0.29, 0.717) is 5.92 Å². The first-order valence-corrected chi connectivity index (χ1v) is 6.89. The SMILES string of the molecule is COc1cc(CN2CCCC(CN)C2)cc(OC)c1. The Morgan fingerprint density at radius 2 is 1.89 bits per heavy atom. The quantitative estimate of drug-likeness (QED) is 0.882. The minimum atomic E-state index is 0.640. The monoisotopic (exact) mass is 264 g/mol. The van der Waals surface area contributed by atoms with E-state index in [1.807, 2.05) is 6.07 Å². The topological polar surface area (TPSA) is 47.7 Å². The Morgan fingerprint density at radius 1 is 1.21 bits per heavy atom. The summed E-state index contributed by atoms with van der Waals surface area (Å²) in [5, 5.41) is 0. The Morgan fingerprint density at radius 3 is 2.47 bits per heavy atom. The molecule has 0 saturated carbocycles. The molecule has 4 nitrogen and oxygen atoms in total. The highest BCUT2D eigenvalue weighted by atomic mass is 16.5. The maximum atomic E-state index is 5.78. The molecule has 0 aliphatic carbocycles. The predicted octanol–water partition coefficient (Wildman–Crippen LogP) is 1.87. The summed E-state index contributed by atoms with van der Waals surface area (Å²) in [6.45, 7) is 3.97. The van der Waals surface area contributed by atoms with Crippen LogP contribution in [0.25, 0.3) is 0 Å². The van der Waals surface area contributed by atoms with Gasteiger partial charge in [0.05, 0.1) is 14.2 Å². The lowest BCUT2D eigenvalue weighted by Gasteiger charge is -2.32. The molecule has 0 spiro atoms. The summed E-state index contributed by atoms with van der Waals surface area (Å²) in [5.74, 6) is 2.34. The molecule has 1 atom stereocenters. The lowest BCUT2D eigenvalue weighted by molar-refractivity contribution is 0.171. The molecule has 1 saturated heterocycles. The smallest absolute Gasteiger partial charge is 0.122 e. The van der Waals surface area contributed by atoms with E-state index >= 15 is 0 Å². The molecule has 0 amide bonds. The van der Waals surface area contributed by atoms with Gasteiger partial charge >= 0.3 is 0 Å². The third kappa shape index (κ3) is 3.85. The number of piperidine rings is 1. The number of nitrogens with zero attached hydrogens (tertiary/aromatic N) is 1. The molecule has 1 fully saturated rings. The Hall–Kier alpha value is -1.26. The van der Waals surface area contributed by atoms with Crippen LogP contribution in [0.5, 0.6) is 11.5 Å². The van der Waals surface area contributed by atoms with Gasteiger partial charge in [0.1, 0.15) is 11.5 Å². The van der Waals surface area contributed by atoms with Crippen LogP contribution in [0.1, 0.15) is 18.4 Å². The van der Waals surface area contributed by atoms with Gasteiger partial charge in [0.15, 0.2) is 0 Å². The van der Waals surface area contributed by atoms with Crippen LogP contribution in [0.3, 0.4) is 0 Å². The van der Waals surface area contributed by atoms with E-state index in [-0.39, 0.29) is 0 Å². The molecule has 0 radical (unpaired) electrons. The molecule has 1 aromatic carbocycles. The van der Waals surface area contributed by atoms with Gasteiger partial charge < -0.3 is 15.2 Å². The number of methoxy groups -OCH3 is 2. The molecule has 1 aromatic rings. The fraction of sp³-hybridized carbons (Fsp3) is 0.600. The lowest BCUT2D eigenvalue weighted by Crippen LogP contribution is -2.37. The number of rotatable bonds is 5. The van der Waals surface area contributed by atoms with Crippen LogP contribution < -0.4 is 15.2 Å². The maximum Gasteiger partial charge on any atom is 0.122 e. The average Bonchev–Trinajstić information content (AvgIpc) is 2.47. The van der Waals surface area contributed by atoms with Gasteiger partial charge in [-0.1, -0.05) is 0 Å². The molecule has 1 unspecified atom stereocenters. The number of hydrogen-bond donors (Lipinski definition) is 1. The molecule has 2 rings (SSSR count). The van der Waals surface area contributed by atoms with E-state index < -0.39 is 0 Å². The fourth-order valence-corrected chi connectivity index (χ4v) is 2.70. The van der Waals surface area contributed by atoms with Crippen molar-refractivity contribution in [3.05, 3.63) is 23.8 Å². The molecule has 19 heavy (non-hydrogen) atoms. The third-order valence-electron chi connectivity index (χ3n) is 3.75. The Bertz CT molecular complexity index is 387. The van der Waals surface area contributed by atoms with Crippen molar-refractivity contribution in [1.82, 2.24) is 4.90 Å². The molecule has 0 bridgehead atoms. The lowest BCUT2D eigenvalue weighted by atomic mass is 9.98. The van der Waals surface area contributed by atoms with Crippen LogP contribution in [0.4, 0.5) is 0 Å². The van der Waals surface area contributed by atoms with Crippen molar-refractivity contribution in [2.24, 2.45) is 11.7 Å². The number of nitrogens with two attached hydrogens (primary N) is 1. The first kappa shape index (κ1) is 14.2. The third-order valence-corrected chi connectivity index (χ3v) is 3.75. The van der Waals surface area contributed by atoms with Crippen LogP contribution in [0.15, 0.2) is 18.2 Å². The van der Waals surface area contributed by atoms with Crippen molar-refractivity contribution in [2.75, 3.05) is 33.9 Å². The van der Waals surface area contributed by atoms with Crippen LogP contribution in [-0.2, 0) is 6.54 Å². The molecule has 1 aliphatic heterocycles. The Balaban J connectivity index is 2.05. The zero-order valence-corrected chi connectivity index (χ0v) is 11.9. The molecular weight excluding hydrogens is 240 g/mol. The number of hydrogen-bond acceptors (Lipinski definition) is 4. The van der Waals surface area contributed by atoms with Crippen LogP contribution >= 0.6 is 0 Å². The van der Waals surface area contributed by atoms with Crippen molar-refractivity contribution >= 4 is 0 Å². The number of ether oxygens (including phenoxy) is 2. The van der Waals surface area contributed by atoms with Gasteiger partial charge in [0, 0.05) is 19.2 Å². The summed E-state index contributed by atoms with van der Waals surface area (Å²) in [6, 6.07) is 6.06. The van der Waals surface area contributed by atoms with Gasteiger partial charge in [-0.25, -0.2) is 0 Å². The summed E-state index contributed by atoms with van der Waals surface area (Å²) in [7, 11) is 3.37. The second kappa shape index (κ2) is 6.78. The maximum absolute atomic E-state index is 5.78. The molecular formula is C15H24N2O2. The zero-order chi connectivity index (χ0) is 13.7. The Labute approximate surface area is 115 Å². The van der Waals surface area contributed by atoms with Crippen molar-refractivity contribution in [3.8, 4) is 11.5 Å². The van der Waals surface area contributed by atoms with Crippen LogP contribution in [0, 0.1) is 5.92 Å². The first-order valence-electron chi connectivity index (χ1n) is 6.89. The predicted molar refractivity (Wildman–Crippen MR) is 76.6 cm³/mol. The van der Waals surface area contributed by atoms with Gasteiger partial charge in [-0.05, 0) is 49.5 Å². The highest BCUT2D eigenvalue weighted by Gasteiger charge is 2.19. The van der Waals surface area contributed by atoms with E-state index in [1.54, 1.807) is 14.2 Å². The molecule has 0 aromatic heterocycles. The second-order valence-corrected chi connectivity index (χ2v) is 5.20.